The number of nitrogens with two attached hydrogens (primary N) is 4. The number of aliphatic imine (C=N–C) groups is 1. The Hall–Kier alpha value is -8.03. The van der Waals surface area contributed by atoms with Crippen LogP contribution in [0.5, 0.6) is 0 Å². The van der Waals surface area contributed by atoms with E-state index in [1.54, 1.807) is 48.7 Å². The number of thioether (sulfide) groups is 2. The first kappa shape index (κ1) is 63.8. The van der Waals surface area contributed by atoms with Crippen molar-refractivity contribution in [3.8, 4) is 0 Å². The Kier molecular flexibility index (Phi) is 24.5. The molecule has 2 aliphatic heterocycles. The number of aromatic nitrogens is 2. The molecular weight excluding hydrogens is 1100 g/mol. The fourth-order valence-corrected chi connectivity index (χ4v) is 10.7. The van der Waals surface area contributed by atoms with Crippen LogP contribution in [0.3, 0.4) is 0 Å². The highest BCUT2D eigenvalue weighted by Gasteiger charge is 2.41. The molecule has 19 N–H and O–H groups in total. The van der Waals surface area contributed by atoms with Crippen molar-refractivity contribution in [2.24, 2.45) is 27.9 Å². The van der Waals surface area contributed by atoms with E-state index in [9.17, 15) is 68.1 Å². The van der Waals surface area contributed by atoms with Crippen LogP contribution in [0.25, 0.3) is 10.9 Å². The SMILES string of the molecule is C[C@@H](O)[C@@H]1NC(=O)[C@@H](NC(=O)CN)CSCc2cccc(n2)CSC[C@@H](C(=O)O)NC(=O)[C@@H]2CCCN2C(=O)[C@H](CC(=O)O)NC(=O)[C@H](Cc2c[nH]c3ccccc23)NC(=O)[C@H](CCC(N)=O)NC(=O)[C@H](CCCN=C(N)N)NC1=O. The fourth-order valence-electron chi connectivity index (χ4n) is 8.80. The molecule has 3 aromatic rings. The number of aliphatic hydroxyl groups is 1. The van der Waals surface area contributed by atoms with Crippen molar-refractivity contribution in [1.82, 2.24) is 52.1 Å². The van der Waals surface area contributed by atoms with Crippen LogP contribution in [0.4, 0.5) is 0 Å². The third kappa shape index (κ3) is 19.6. The van der Waals surface area contributed by atoms with Crippen LogP contribution in [0.2, 0.25) is 0 Å². The van der Waals surface area contributed by atoms with Gasteiger partial charge in [0.1, 0.15) is 48.3 Å². The molecule has 440 valence electrons. The first-order valence-electron chi connectivity index (χ1n) is 25.8. The standard InChI is InChI=1S/C50H69N15O14S2/c1-25(66)41-47(76)60-31(11-5-15-55-50(53)54)42(71)59-32(13-14-38(52)67)43(72)61-33(17-26-20-56-30-10-3-2-9-29(26)30)44(73)62-34(18-40(69)70)48(77)65-16-6-12-37(65)46(75)63-36(49(78)79)24-81-22-28-8-4-7-27(57-28)21-80-23-35(45(74)64-41)58-39(68)19-51/h2-4,7-10,20,25,31-37,41,56,66H,5-6,11-19,21-24,51H2,1H3,(H2,52,67)(H,58,68)(H,59,71)(H,60,76)(H,61,72)(H,62,73)(H,63,75)(H,64,74)(H,69,70)(H,78,79)(H4,53,54,55)/t25-,31+,32+,33+,34+,35+,36+,37+,41+/m1/s1. The summed E-state index contributed by atoms with van der Waals surface area (Å²) in [5, 5.41) is 49.1. The summed E-state index contributed by atoms with van der Waals surface area (Å²) in [5.74, 6) is -11.8. The number of rotatable bonds is 15. The Morgan fingerprint density at radius 2 is 1.41 bits per heavy atom. The van der Waals surface area contributed by atoms with Gasteiger partial charge in [-0.15, -0.1) is 0 Å². The summed E-state index contributed by atoms with van der Waals surface area (Å²) in [7, 11) is 0. The number of aliphatic carboxylic acids is 2. The first-order valence-corrected chi connectivity index (χ1v) is 28.1. The second-order valence-corrected chi connectivity index (χ2v) is 21.2. The summed E-state index contributed by atoms with van der Waals surface area (Å²) >= 11 is 2.29. The van der Waals surface area contributed by atoms with Crippen LogP contribution in [0, 0.1) is 0 Å². The number of carboxylic acids is 2. The van der Waals surface area contributed by atoms with E-state index in [0.29, 0.717) is 27.9 Å². The highest BCUT2D eigenvalue weighted by atomic mass is 32.2. The maximum atomic E-state index is 14.6. The molecule has 0 saturated carbocycles. The number of pyridine rings is 1. The van der Waals surface area contributed by atoms with E-state index in [1.165, 1.54) is 6.92 Å². The topological polar surface area (TPSA) is 481 Å². The minimum absolute atomic E-state index is 0.0237. The van der Waals surface area contributed by atoms with Gasteiger partial charge in [-0.25, -0.2) is 4.79 Å². The molecular formula is C50H69N15O14S2. The zero-order chi connectivity index (χ0) is 59.3. The molecule has 4 heterocycles. The van der Waals surface area contributed by atoms with E-state index >= 15 is 0 Å². The van der Waals surface area contributed by atoms with E-state index in [2.05, 4.69) is 52.2 Å². The van der Waals surface area contributed by atoms with Crippen LogP contribution in [-0.4, -0.2) is 187 Å². The van der Waals surface area contributed by atoms with Gasteiger partial charge in [-0.05, 0) is 62.8 Å². The average Bonchev–Trinajstić information content (AvgIpc) is 4.11. The van der Waals surface area contributed by atoms with Crippen molar-refractivity contribution < 1.29 is 68.1 Å². The number of aliphatic hydroxyl groups excluding tert-OH is 1. The number of benzene rings is 1. The van der Waals surface area contributed by atoms with Gasteiger partial charge < -0.3 is 85.4 Å². The van der Waals surface area contributed by atoms with Gasteiger partial charge in [-0.1, -0.05) is 24.3 Å². The monoisotopic (exact) mass is 1170 g/mol. The summed E-state index contributed by atoms with van der Waals surface area (Å²) in [5.41, 5.74) is 24.2. The van der Waals surface area contributed by atoms with Gasteiger partial charge in [-0.2, -0.15) is 23.5 Å². The smallest absolute Gasteiger partial charge is 0.327 e. The van der Waals surface area contributed by atoms with Crippen LogP contribution in [0.15, 0.2) is 53.7 Å². The lowest BCUT2D eigenvalue weighted by atomic mass is 10.0. The molecule has 81 heavy (non-hydrogen) atoms. The second kappa shape index (κ2) is 31.1. The Morgan fingerprint density at radius 3 is 2.05 bits per heavy atom. The van der Waals surface area contributed by atoms with Crippen LogP contribution < -0.4 is 60.2 Å². The predicted octanol–water partition coefficient (Wildman–Crippen LogP) is -4.11. The first-order chi connectivity index (χ1) is 38.5. The molecule has 1 saturated heterocycles. The lowest BCUT2D eigenvalue weighted by Gasteiger charge is -2.30. The molecule has 9 atom stereocenters. The number of hydrogen-bond donors (Lipinski definition) is 15. The number of amides is 9. The summed E-state index contributed by atoms with van der Waals surface area (Å²) in [6, 6.07) is -0.649. The zero-order valence-electron chi connectivity index (χ0n) is 44.2. The third-order valence-electron chi connectivity index (χ3n) is 12.9. The van der Waals surface area contributed by atoms with Crippen molar-refractivity contribution in [3.05, 3.63) is 65.6 Å². The molecule has 29 nitrogen and oxygen atoms in total. The maximum absolute atomic E-state index is 14.6. The highest BCUT2D eigenvalue weighted by molar-refractivity contribution is 7.98. The maximum Gasteiger partial charge on any atom is 0.327 e. The largest absolute Gasteiger partial charge is 0.481 e. The molecule has 5 rings (SSSR count). The predicted molar refractivity (Wildman–Crippen MR) is 296 cm³/mol. The number of nitrogens with one attached hydrogen (secondary N) is 8. The Balaban J connectivity index is 1.56. The number of H-pyrrole nitrogens is 1. The Morgan fingerprint density at radius 1 is 0.778 bits per heavy atom. The zero-order valence-corrected chi connectivity index (χ0v) is 45.9. The molecule has 31 heteroatoms. The normalized spacial score (nSPS) is 23.8. The quantitative estimate of drug-likeness (QED) is 0.0391. The number of para-hydroxylation sites is 1. The number of nitrogens with zero attached hydrogens (tertiary/aromatic N) is 3. The van der Waals surface area contributed by atoms with Gasteiger partial charge >= 0.3 is 11.9 Å². The molecule has 0 spiro atoms. The summed E-state index contributed by atoms with van der Waals surface area (Å²) in [6.45, 7) is 0.536. The lowest BCUT2D eigenvalue weighted by molar-refractivity contribution is -0.147. The molecule has 0 aliphatic carbocycles. The van der Waals surface area contributed by atoms with Crippen molar-refractivity contribution in [3.63, 3.8) is 0 Å². The minimum Gasteiger partial charge on any atom is -0.481 e. The Labute approximate surface area is 472 Å². The number of primary amides is 1. The molecule has 9 amide bonds. The lowest BCUT2D eigenvalue weighted by Crippen LogP contribution is -2.62. The van der Waals surface area contributed by atoms with E-state index < -0.39 is 145 Å². The van der Waals surface area contributed by atoms with E-state index in [-0.39, 0.29) is 74.2 Å². The van der Waals surface area contributed by atoms with Crippen molar-refractivity contribution in [2.45, 2.75) is 124 Å². The molecule has 0 radical (unpaired) electrons. The molecule has 2 aromatic heterocycles. The molecule has 2 aliphatic rings. The van der Waals surface area contributed by atoms with Crippen LogP contribution in [0.1, 0.15) is 68.8 Å². The summed E-state index contributed by atoms with van der Waals surface area (Å²) < 4.78 is 0. The van der Waals surface area contributed by atoms with Crippen LogP contribution in [-0.2, 0) is 70.7 Å². The molecule has 0 unspecified atom stereocenters. The van der Waals surface area contributed by atoms with Gasteiger partial charge in [0.2, 0.25) is 53.2 Å². The third-order valence-corrected chi connectivity index (χ3v) is 15.0. The molecule has 1 fully saturated rings. The van der Waals surface area contributed by atoms with Crippen molar-refractivity contribution in [2.75, 3.05) is 31.1 Å². The van der Waals surface area contributed by atoms with E-state index in [1.807, 2.05) is 0 Å². The van der Waals surface area contributed by atoms with Gasteiger partial charge in [0.05, 0.1) is 30.5 Å². The molecule has 2 bridgehead atoms. The number of guanidine groups is 1. The number of hydrogen-bond acceptors (Lipinski definition) is 17. The van der Waals surface area contributed by atoms with Gasteiger partial charge in [0.25, 0.3) is 0 Å². The number of aromatic amines is 1. The minimum atomic E-state index is -1.84. The summed E-state index contributed by atoms with van der Waals surface area (Å²) in [6.07, 6.45) is -2.28. The van der Waals surface area contributed by atoms with Crippen molar-refractivity contribution in [1.29, 1.82) is 0 Å². The van der Waals surface area contributed by atoms with Gasteiger partial charge in [0, 0.05) is 66.0 Å². The fraction of sp³-hybridized carbons (Fsp3) is 0.500. The molecule has 1 aromatic carbocycles. The van der Waals surface area contributed by atoms with Gasteiger partial charge in [0.15, 0.2) is 5.96 Å². The number of carbonyl (C=O) groups excluding carboxylic acids is 9. The number of fused-ring (bicyclic) bond motifs is 4. The van der Waals surface area contributed by atoms with Gasteiger partial charge in [-0.3, -0.25) is 57.9 Å². The Bertz CT molecular complexity index is 2810. The summed E-state index contributed by atoms with van der Waals surface area (Å²) in [4.78, 5) is 162. The number of carboxylic acid groups (broad SMARTS) is 2. The highest BCUT2D eigenvalue weighted by Crippen LogP contribution is 2.23. The van der Waals surface area contributed by atoms with Crippen molar-refractivity contribution >= 4 is 105 Å². The van der Waals surface area contributed by atoms with E-state index in [4.69, 9.17) is 22.9 Å². The average molecular weight is 1170 g/mol. The van der Waals surface area contributed by atoms with Crippen LogP contribution >= 0.6 is 23.5 Å². The number of carbonyl (C=O) groups is 11. The second-order valence-electron chi connectivity index (χ2n) is 19.2. The van der Waals surface area contributed by atoms with E-state index in [0.717, 1.165) is 28.4 Å².